The summed E-state index contributed by atoms with van der Waals surface area (Å²) in [7, 11) is -0.187. The van der Waals surface area contributed by atoms with Crippen LogP contribution in [0.2, 0.25) is 0 Å². The molecule has 1 heterocycles. The van der Waals surface area contributed by atoms with Gasteiger partial charge in [0.25, 0.3) is 5.56 Å². The maximum absolute atomic E-state index is 13.0. The molecule has 0 atom stereocenters. The standard InChI is InChI=1S/C19H27N3O5S/c1-12-7-16(28(6,24)25)8-13(2)17(12)21-18-19(23)22(9-14(3)20-18)15(10-26-4)11-27-5/h7-9,15H,10-11H2,1-6H3,(H,20,21). The highest BCUT2D eigenvalue weighted by Crippen LogP contribution is 2.26. The third-order valence-corrected chi connectivity index (χ3v) is 5.43. The summed E-state index contributed by atoms with van der Waals surface area (Å²) in [5, 5.41) is 3.09. The average molecular weight is 410 g/mol. The minimum Gasteiger partial charge on any atom is -0.382 e. The molecule has 0 bridgehead atoms. The monoisotopic (exact) mass is 409 g/mol. The van der Waals surface area contributed by atoms with Gasteiger partial charge in [-0.05, 0) is 44.0 Å². The van der Waals surface area contributed by atoms with Gasteiger partial charge >= 0.3 is 0 Å². The van der Waals surface area contributed by atoms with E-state index < -0.39 is 9.84 Å². The van der Waals surface area contributed by atoms with Gasteiger partial charge in [-0.25, -0.2) is 13.4 Å². The molecule has 0 aliphatic heterocycles. The van der Waals surface area contributed by atoms with Crippen molar-refractivity contribution in [3.63, 3.8) is 0 Å². The third-order valence-electron chi connectivity index (χ3n) is 4.34. The summed E-state index contributed by atoms with van der Waals surface area (Å²) in [6.45, 7) is 6.01. The van der Waals surface area contributed by atoms with E-state index in [1.54, 1.807) is 57.9 Å². The molecule has 0 spiro atoms. The van der Waals surface area contributed by atoms with Gasteiger partial charge in [0.05, 0.1) is 29.8 Å². The Labute approximate surface area is 165 Å². The van der Waals surface area contributed by atoms with Crippen molar-refractivity contribution in [2.45, 2.75) is 31.7 Å². The molecule has 0 aliphatic carbocycles. The summed E-state index contributed by atoms with van der Waals surface area (Å²) in [4.78, 5) is 17.6. The highest BCUT2D eigenvalue weighted by Gasteiger charge is 2.18. The van der Waals surface area contributed by atoms with E-state index in [1.165, 1.54) is 6.26 Å². The SMILES string of the molecule is COCC(COC)n1cc(C)nc(Nc2c(C)cc(S(C)(=O)=O)cc2C)c1=O. The Morgan fingerprint density at radius 2 is 1.64 bits per heavy atom. The summed E-state index contributed by atoms with van der Waals surface area (Å²) in [6.07, 6.45) is 2.84. The Hall–Kier alpha value is -2.23. The molecule has 1 N–H and O–H groups in total. The van der Waals surface area contributed by atoms with E-state index in [0.29, 0.717) is 35.7 Å². The normalized spacial score (nSPS) is 11.8. The molecule has 0 saturated heterocycles. The minimum atomic E-state index is -3.32. The Morgan fingerprint density at radius 3 is 2.11 bits per heavy atom. The van der Waals surface area contributed by atoms with E-state index >= 15 is 0 Å². The van der Waals surface area contributed by atoms with Crippen molar-refractivity contribution in [3.05, 3.63) is 45.5 Å². The first-order chi connectivity index (χ1) is 13.1. The molecule has 1 aromatic heterocycles. The number of aromatic nitrogens is 2. The van der Waals surface area contributed by atoms with Crippen LogP contribution in [-0.4, -0.2) is 51.7 Å². The molecule has 0 radical (unpaired) electrons. The molecule has 9 heteroatoms. The number of rotatable bonds is 8. The number of methoxy groups -OCH3 is 2. The highest BCUT2D eigenvalue weighted by molar-refractivity contribution is 7.90. The van der Waals surface area contributed by atoms with E-state index in [0.717, 1.165) is 0 Å². The number of sulfone groups is 1. The van der Waals surface area contributed by atoms with Gasteiger partial charge in [0.1, 0.15) is 0 Å². The summed E-state index contributed by atoms with van der Waals surface area (Å²) in [5.41, 5.74) is 2.42. The molecule has 28 heavy (non-hydrogen) atoms. The van der Waals surface area contributed by atoms with Crippen LogP contribution in [0.3, 0.4) is 0 Å². The zero-order valence-electron chi connectivity index (χ0n) is 17.1. The lowest BCUT2D eigenvalue weighted by molar-refractivity contribution is 0.0878. The summed E-state index contributed by atoms with van der Waals surface area (Å²) in [5.74, 6) is 0.163. The second kappa shape index (κ2) is 8.85. The number of hydrogen-bond donors (Lipinski definition) is 1. The highest BCUT2D eigenvalue weighted by atomic mass is 32.2. The fourth-order valence-corrected chi connectivity index (χ4v) is 3.82. The van der Waals surface area contributed by atoms with Gasteiger partial charge in [-0.1, -0.05) is 0 Å². The average Bonchev–Trinajstić information content (AvgIpc) is 2.59. The van der Waals surface area contributed by atoms with E-state index in [1.807, 2.05) is 0 Å². The van der Waals surface area contributed by atoms with Crippen LogP contribution < -0.4 is 10.9 Å². The molecule has 2 rings (SSSR count). The van der Waals surface area contributed by atoms with Gasteiger partial charge in [0, 0.05) is 32.4 Å². The molecule has 154 valence electrons. The fourth-order valence-electron chi connectivity index (χ4n) is 3.03. The number of ether oxygens (including phenoxy) is 2. The van der Waals surface area contributed by atoms with E-state index in [-0.39, 0.29) is 22.3 Å². The molecule has 0 aliphatic rings. The first-order valence-corrected chi connectivity index (χ1v) is 10.6. The Balaban J connectivity index is 2.52. The number of aryl methyl sites for hydroxylation is 3. The lowest BCUT2D eigenvalue weighted by Crippen LogP contribution is -2.32. The van der Waals surface area contributed by atoms with Gasteiger partial charge in [0.15, 0.2) is 15.7 Å². The number of benzene rings is 1. The zero-order valence-corrected chi connectivity index (χ0v) is 17.9. The summed E-state index contributed by atoms with van der Waals surface area (Å²) >= 11 is 0. The Bertz CT molecular complexity index is 986. The fraction of sp³-hybridized carbons (Fsp3) is 0.474. The van der Waals surface area contributed by atoms with Crippen molar-refractivity contribution < 1.29 is 17.9 Å². The summed E-state index contributed by atoms with van der Waals surface area (Å²) in [6, 6.07) is 2.87. The zero-order chi connectivity index (χ0) is 21.1. The van der Waals surface area contributed by atoms with Gasteiger partial charge in [-0.15, -0.1) is 0 Å². The molecule has 1 aromatic carbocycles. The second-order valence-electron chi connectivity index (χ2n) is 6.84. The maximum Gasteiger partial charge on any atom is 0.294 e. The summed E-state index contributed by atoms with van der Waals surface area (Å²) < 4.78 is 35.6. The van der Waals surface area contributed by atoms with E-state index in [2.05, 4.69) is 10.3 Å². The Morgan fingerprint density at radius 1 is 1.11 bits per heavy atom. The molecule has 0 fully saturated rings. The van der Waals surface area contributed by atoms with Crippen LogP contribution in [0.1, 0.15) is 22.9 Å². The van der Waals surface area contributed by atoms with Crippen LogP contribution in [0.5, 0.6) is 0 Å². The largest absolute Gasteiger partial charge is 0.382 e. The van der Waals surface area contributed by atoms with Crippen molar-refractivity contribution in [2.75, 3.05) is 39.0 Å². The number of nitrogens with one attached hydrogen (secondary N) is 1. The lowest BCUT2D eigenvalue weighted by atomic mass is 10.1. The number of nitrogens with zero attached hydrogens (tertiary/aromatic N) is 2. The van der Waals surface area contributed by atoms with Crippen LogP contribution in [0.15, 0.2) is 28.0 Å². The first kappa shape index (κ1) is 22.1. The maximum atomic E-state index is 13.0. The molecule has 2 aromatic rings. The molecular weight excluding hydrogens is 382 g/mol. The van der Waals surface area contributed by atoms with Crippen molar-refractivity contribution in [1.82, 2.24) is 9.55 Å². The van der Waals surface area contributed by atoms with Crippen LogP contribution >= 0.6 is 0 Å². The van der Waals surface area contributed by atoms with Crippen LogP contribution in [0, 0.1) is 20.8 Å². The van der Waals surface area contributed by atoms with Crippen molar-refractivity contribution >= 4 is 21.3 Å². The van der Waals surface area contributed by atoms with E-state index in [9.17, 15) is 13.2 Å². The van der Waals surface area contributed by atoms with Gasteiger partial charge in [-0.3, -0.25) is 4.79 Å². The van der Waals surface area contributed by atoms with E-state index in [4.69, 9.17) is 9.47 Å². The smallest absolute Gasteiger partial charge is 0.294 e. The van der Waals surface area contributed by atoms with Crippen LogP contribution in [0.4, 0.5) is 11.5 Å². The molecule has 0 amide bonds. The van der Waals surface area contributed by atoms with Gasteiger partial charge in [0.2, 0.25) is 0 Å². The second-order valence-corrected chi connectivity index (χ2v) is 8.85. The predicted octanol–water partition coefficient (Wildman–Crippen LogP) is 2.15. The number of anilines is 2. The molecule has 0 unspecified atom stereocenters. The van der Waals surface area contributed by atoms with Crippen LogP contribution in [-0.2, 0) is 19.3 Å². The van der Waals surface area contributed by atoms with Crippen molar-refractivity contribution in [3.8, 4) is 0 Å². The Kier molecular flexibility index (Phi) is 6.97. The quantitative estimate of drug-likeness (QED) is 0.713. The molecule has 8 nitrogen and oxygen atoms in total. The van der Waals surface area contributed by atoms with Crippen molar-refractivity contribution in [1.29, 1.82) is 0 Å². The topological polar surface area (TPSA) is 99.5 Å². The number of hydrogen-bond acceptors (Lipinski definition) is 7. The first-order valence-electron chi connectivity index (χ1n) is 8.74. The molecular formula is C19H27N3O5S. The predicted molar refractivity (Wildman–Crippen MR) is 108 cm³/mol. The molecule has 0 saturated carbocycles. The lowest BCUT2D eigenvalue weighted by Gasteiger charge is -2.20. The van der Waals surface area contributed by atoms with Crippen LogP contribution in [0.25, 0.3) is 0 Å². The van der Waals surface area contributed by atoms with Gasteiger partial charge in [-0.2, -0.15) is 0 Å². The van der Waals surface area contributed by atoms with Crippen molar-refractivity contribution in [2.24, 2.45) is 0 Å². The third kappa shape index (κ3) is 4.98. The van der Waals surface area contributed by atoms with Gasteiger partial charge < -0.3 is 19.4 Å². The minimum absolute atomic E-state index is 0.163.